The van der Waals surface area contributed by atoms with Gasteiger partial charge in [-0.1, -0.05) is 5.10 Å². The second kappa shape index (κ2) is 9.77. The van der Waals surface area contributed by atoms with E-state index in [1.807, 2.05) is 27.7 Å². The van der Waals surface area contributed by atoms with Gasteiger partial charge in [0.05, 0.1) is 19.8 Å². The number of aryl methyl sites for hydroxylation is 1. The second-order valence-corrected chi connectivity index (χ2v) is 6.02. The molecule has 0 atom stereocenters. The Hall–Kier alpha value is -3.56. The number of amides is 1. The number of aromatic nitrogens is 4. The summed E-state index contributed by atoms with van der Waals surface area (Å²) < 4.78 is 24.4. The molecule has 2 heterocycles. The lowest BCUT2D eigenvalue weighted by Gasteiger charge is -2.16. The number of nitrogens with one attached hydrogen (secondary N) is 1. The van der Waals surface area contributed by atoms with Crippen LogP contribution in [0.4, 0.5) is 6.01 Å². The largest absolute Gasteiger partial charge is 0.490 e. The van der Waals surface area contributed by atoms with E-state index >= 15 is 0 Å². The zero-order valence-corrected chi connectivity index (χ0v) is 17.5. The van der Waals surface area contributed by atoms with Gasteiger partial charge < -0.3 is 18.6 Å². The maximum atomic E-state index is 12.3. The van der Waals surface area contributed by atoms with Crippen LogP contribution in [0.2, 0.25) is 0 Å². The molecule has 10 heteroatoms. The van der Waals surface area contributed by atoms with Crippen molar-refractivity contribution >= 4 is 11.9 Å². The first-order chi connectivity index (χ1) is 14.6. The number of anilines is 1. The van der Waals surface area contributed by atoms with Gasteiger partial charge in [-0.2, -0.15) is 5.10 Å². The fourth-order valence-corrected chi connectivity index (χ4v) is 2.72. The topological polar surface area (TPSA) is 114 Å². The maximum Gasteiger partial charge on any atom is 0.322 e. The minimum Gasteiger partial charge on any atom is -0.490 e. The SMILES string of the molecule is CCOc1cc(-c2nnc(NC(=O)c3ccn(CC)n3)o2)cc(OCC)c1OCC. The third-order valence-electron chi connectivity index (χ3n) is 4.00. The highest BCUT2D eigenvalue weighted by molar-refractivity contribution is 6.01. The number of carbonyl (C=O) groups is 1. The molecule has 0 saturated heterocycles. The molecule has 10 nitrogen and oxygen atoms in total. The van der Waals surface area contributed by atoms with Crippen molar-refractivity contribution in [2.45, 2.75) is 34.2 Å². The lowest BCUT2D eigenvalue weighted by molar-refractivity contribution is 0.101. The zero-order valence-electron chi connectivity index (χ0n) is 17.5. The van der Waals surface area contributed by atoms with Crippen LogP contribution in [0.3, 0.4) is 0 Å². The van der Waals surface area contributed by atoms with Crippen LogP contribution in [0.15, 0.2) is 28.8 Å². The molecule has 3 rings (SSSR count). The summed E-state index contributed by atoms with van der Waals surface area (Å²) in [7, 11) is 0. The summed E-state index contributed by atoms with van der Waals surface area (Å²) in [4.78, 5) is 12.3. The van der Waals surface area contributed by atoms with E-state index < -0.39 is 5.91 Å². The molecule has 0 aliphatic heterocycles. The van der Waals surface area contributed by atoms with Crippen LogP contribution in [-0.2, 0) is 6.54 Å². The summed E-state index contributed by atoms with van der Waals surface area (Å²) in [5.41, 5.74) is 0.837. The predicted octanol–water partition coefficient (Wildman–Crippen LogP) is 3.40. The third-order valence-corrected chi connectivity index (χ3v) is 4.00. The van der Waals surface area contributed by atoms with Gasteiger partial charge in [0.25, 0.3) is 5.91 Å². The van der Waals surface area contributed by atoms with E-state index in [-0.39, 0.29) is 17.6 Å². The first-order valence-corrected chi connectivity index (χ1v) is 9.84. The molecule has 3 aromatic rings. The van der Waals surface area contributed by atoms with Crippen molar-refractivity contribution in [2.24, 2.45) is 0 Å². The molecule has 160 valence electrons. The number of benzene rings is 1. The lowest BCUT2D eigenvalue weighted by Crippen LogP contribution is -2.13. The summed E-state index contributed by atoms with van der Waals surface area (Å²) >= 11 is 0. The minimum absolute atomic E-state index is 0.0362. The number of rotatable bonds is 10. The van der Waals surface area contributed by atoms with Crippen LogP contribution in [0, 0.1) is 0 Å². The lowest BCUT2D eigenvalue weighted by atomic mass is 10.2. The Bertz CT molecular complexity index is 970. The van der Waals surface area contributed by atoms with Crippen molar-refractivity contribution in [1.29, 1.82) is 0 Å². The smallest absolute Gasteiger partial charge is 0.322 e. The Kier molecular flexibility index (Phi) is 6.89. The number of hydrogen-bond acceptors (Lipinski definition) is 8. The highest BCUT2D eigenvalue weighted by Crippen LogP contribution is 2.41. The van der Waals surface area contributed by atoms with Gasteiger partial charge in [-0.25, -0.2) is 0 Å². The standard InChI is InChI=1S/C20H25N5O5/c1-5-25-10-9-14(24-25)18(26)21-20-23-22-19(30-20)13-11-15(27-6-2)17(29-8-4)16(12-13)28-7-3/h9-12H,5-8H2,1-4H3,(H,21,23,26). The predicted molar refractivity (Wildman–Crippen MR) is 109 cm³/mol. The molecular formula is C20H25N5O5. The van der Waals surface area contributed by atoms with E-state index in [1.54, 1.807) is 29.1 Å². The number of carbonyl (C=O) groups excluding carboxylic acids is 1. The third kappa shape index (κ3) is 4.70. The van der Waals surface area contributed by atoms with E-state index in [2.05, 4.69) is 20.6 Å². The van der Waals surface area contributed by atoms with Gasteiger partial charge in [0.1, 0.15) is 0 Å². The van der Waals surface area contributed by atoms with E-state index in [4.69, 9.17) is 18.6 Å². The summed E-state index contributed by atoms with van der Waals surface area (Å²) in [6, 6.07) is 5.05. The molecule has 0 unspecified atom stereocenters. The van der Waals surface area contributed by atoms with E-state index in [1.165, 1.54) is 0 Å². The van der Waals surface area contributed by atoms with Crippen molar-refractivity contribution in [1.82, 2.24) is 20.0 Å². The fourth-order valence-electron chi connectivity index (χ4n) is 2.72. The summed E-state index contributed by atoms with van der Waals surface area (Å²) in [5, 5.41) is 14.6. The summed E-state index contributed by atoms with van der Waals surface area (Å²) in [5.74, 6) is 1.30. The molecule has 0 aliphatic carbocycles. The van der Waals surface area contributed by atoms with Crippen molar-refractivity contribution in [3.63, 3.8) is 0 Å². The molecule has 1 aromatic carbocycles. The van der Waals surface area contributed by atoms with Gasteiger partial charge in [-0.05, 0) is 45.9 Å². The molecule has 1 N–H and O–H groups in total. The highest BCUT2D eigenvalue weighted by Gasteiger charge is 2.20. The average Bonchev–Trinajstić information content (AvgIpc) is 3.40. The minimum atomic E-state index is -0.436. The molecule has 0 saturated carbocycles. The fraction of sp³-hybridized carbons (Fsp3) is 0.400. The van der Waals surface area contributed by atoms with Gasteiger partial charge in [-0.15, -0.1) is 5.10 Å². The van der Waals surface area contributed by atoms with Crippen LogP contribution in [0.5, 0.6) is 17.2 Å². The molecule has 0 spiro atoms. The van der Waals surface area contributed by atoms with Crippen molar-refractivity contribution < 1.29 is 23.4 Å². The Morgan fingerprint density at radius 2 is 1.70 bits per heavy atom. The van der Waals surface area contributed by atoms with Crippen molar-refractivity contribution in [2.75, 3.05) is 25.1 Å². The first kappa shape index (κ1) is 21.2. The van der Waals surface area contributed by atoms with Crippen molar-refractivity contribution in [3.05, 3.63) is 30.1 Å². The Labute approximate surface area is 174 Å². The Morgan fingerprint density at radius 1 is 1.03 bits per heavy atom. The molecular weight excluding hydrogens is 390 g/mol. The average molecular weight is 415 g/mol. The van der Waals surface area contributed by atoms with Crippen LogP contribution in [0.25, 0.3) is 11.5 Å². The van der Waals surface area contributed by atoms with Crippen LogP contribution < -0.4 is 19.5 Å². The van der Waals surface area contributed by atoms with Gasteiger partial charge in [0.2, 0.25) is 11.6 Å². The van der Waals surface area contributed by atoms with E-state index in [9.17, 15) is 4.79 Å². The van der Waals surface area contributed by atoms with E-state index in [0.717, 1.165) is 0 Å². The molecule has 0 radical (unpaired) electrons. The summed E-state index contributed by atoms with van der Waals surface area (Å²) in [6.07, 6.45) is 1.72. The van der Waals surface area contributed by atoms with Gasteiger partial charge in [0.15, 0.2) is 17.2 Å². The molecule has 0 bridgehead atoms. The van der Waals surface area contributed by atoms with Gasteiger partial charge >= 0.3 is 6.01 Å². The normalized spacial score (nSPS) is 10.7. The zero-order chi connectivity index (χ0) is 21.5. The second-order valence-electron chi connectivity index (χ2n) is 6.02. The molecule has 0 fully saturated rings. The van der Waals surface area contributed by atoms with Gasteiger partial charge in [0, 0.05) is 18.3 Å². The summed E-state index contributed by atoms with van der Waals surface area (Å²) in [6.45, 7) is 9.60. The van der Waals surface area contributed by atoms with Crippen molar-refractivity contribution in [3.8, 4) is 28.7 Å². The molecule has 30 heavy (non-hydrogen) atoms. The maximum absolute atomic E-state index is 12.3. The Balaban J connectivity index is 1.86. The first-order valence-electron chi connectivity index (χ1n) is 9.84. The molecule has 0 aliphatic rings. The number of nitrogens with zero attached hydrogens (tertiary/aromatic N) is 4. The van der Waals surface area contributed by atoms with Crippen LogP contribution in [0.1, 0.15) is 38.2 Å². The highest BCUT2D eigenvalue weighted by atomic mass is 16.5. The number of hydrogen-bond donors (Lipinski definition) is 1. The molecule has 2 aromatic heterocycles. The van der Waals surface area contributed by atoms with Gasteiger partial charge in [-0.3, -0.25) is 14.8 Å². The van der Waals surface area contributed by atoms with Crippen LogP contribution >= 0.6 is 0 Å². The number of ether oxygens (including phenoxy) is 3. The molecule has 1 amide bonds. The van der Waals surface area contributed by atoms with Crippen LogP contribution in [-0.4, -0.2) is 45.7 Å². The quantitative estimate of drug-likeness (QED) is 0.536. The monoisotopic (exact) mass is 415 g/mol. The van der Waals surface area contributed by atoms with E-state index in [0.29, 0.717) is 49.2 Å². The Morgan fingerprint density at radius 3 is 2.27 bits per heavy atom.